The van der Waals surface area contributed by atoms with Crippen molar-refractivity contribution >= 4 is 39.0 Å². The fourth-order valence-electron chi connectivity index (χ4n) is 0.844. The maximum Gasteiger partial charge on any atom is 0.0285 e. The van der Waals surface area contributed by atoms with Crippen LogP contribution in [0, 0.1) is 0 Å². The quantitative estimate of drug-likeness (QED) is 0.913. The van der Waals surface area contributed by atoms with Gasteiger partial charge < -0.3 is 5.73 Å². The Kier molecular flexibility index (Phi) is 4.29. The van der Waals surface area contributed by atoms with Gasteiger partial charge in [-0.15, -0.1) is 11.3 Å². The highest BCUT2D eigenvalue weighted by atomic mass is 79.9. The first-order valence-electron chi connectivity index (χ1n) is 4.07. The summed E-state index contributed by atoms with van der Waals surface area (Å²) in [6.07, 6.45) is 0. The van der Waals surface area contributed by atoms with Gasteiger partial charge in [0.2, 0.25) is 0 Å². The van der Waals surface area contributed by atoms with Crippen molar-refractivity contribution in [2.75, 3.05) is 5.75 Å². The molecule has 2 N–H and O–H groups in total. The third-order valence-electron chi connectivity index (χ3n) is 1.34. The van der Waals surface area contributed by atoms with Crippen LogP contribution in [-0.4, -0.2) is 11.3 Å². The minimum atomic E-state index is -0.0564. The van der Waals surface area contributed by atoms with E-state index in [1.165, 1.54) is 9.35 Å². The van der Waals surface area contributed by atoms with E-state index in [1.54, 1.807) is 11.3 Å². The number of rotatable bonds is 4. The zero-order valence-electron chi connectivity index (χ0n) is 7.84. The first kappa shape index (κ1) is 11.6. The summed E-state index contributed by atoms with van der Waals surface area (Å²) in [5.74, 6) is 2.07. The van der Waals surface area contributed by atoms with Crippen LogP contribution in [-0.2, 0) is 5.75 Å². The SMILES string of the molecule is CC(C)(N)CSCc1cc(Br)cs1. The predicted molar refractivity (Wildman–Crippen MR) is 66.4 cm³/mol. The minimum Gasteiger partial charge on any atom is -0.325 e. The van der Waals surface area contributed by atoms with Gasteiger partial charge in [0.1, 0.15) is 0 Å². The van der Waals surface area contributed by atoms with Crippen LogP contribution in [0.1, 0.15) is 18.7 Å². The van der Waals surface area contributed by atoms with E-state index in [1.807, 2.05) is 11.8 Å². The molecule has 0 saturated carbocycles. The molecule has 0 atom stereocenters. The molecule has 0 amide bonds. The van der Waals surface area contributed by atoms with Gasteiger partial charge >= 0.3 is 0 Å². The molecule has 0 aliphatic carbocycles. The second-order valence-corrected chi connectivity index (χ2v) is 6.61. The normalized spacial score (nSPS) is 12.0. The maximum absolute atomic E-state index is 5.88. The topological polar surface area (TPSA) is 26.0 Å². The molecule has 1 aromatic heterocycles. The van der Waals surface area contributed by atoms with Gasteiger partial charge in [-0.3, -0.25) is 0 Å². The first-order chi connectivity index (χ1) is 5.97. The number of hydrogen-bond acceptors (Lipinski definition) is 3. The van der Waals surface area contributed by atoms with Gasteiger partial charge in [0.05, 0.1) is 0 Å². The van der Waals surface area contributed by atoms with Crippen molar-refractivity contribution in [3.05, 3.63) is 20.8 Å². The number of thioether (sulfide) groups is 1. The van der Waals surface area contributed by atoms with Crippen molar-refractivity contribution in [3.8, 4) is 0 Å². The minimum absolute atomic E-state index is 0.0564. The molecule has 0 fully saturated rings. The monoisotopic (exact) mass is 279 g/mol. The zero-order valence-corrected chi connectivity index (χ0v) is 11.1. The summed E-state index contributed by atoms with van der Waals surface area (Å²) in [6, 6.07) is 2.17. The molecule has 0 saturated heterocycles. The molecular weight excluding hydrogens is 266 g/mol. The molecule has 0 spiro atoms. The predicted octanol–water partition coefficient (Wildman–Crippen LogP) is 3.48. The molecule has 0 aliphatic heterocycles. The smallest absolute Gasteiger partial charge is 0.0285 e. The van der Waals surface area contributed by atoms with Crippen LogP contribution >= 0.6 is 39.0 Å². The fourth-order valence-corrected chi connectivity index (χ4v) is 3.51. The Morgan fingerprint density at radius 2 is 2.31 bits per heavy atom. The second-order valence-electron chi connectivity index (χ2n) is 3.71. The first-order valence-corrected chi connectivity index (χ1v) is 6.90. The Morgan fingerprint density at radius 1 is 1.62 bits per heavy atom. The number of thiophene rings is 1. The van der Waals surface area contributed by atoms with Crippen LogP contribution in [0.25, 0.3) is 0 Å². The van der Waals surface area contributed by atoms with E-state index in [4.69, 9.17) is 5.73 Å². The van der Waals surface area contributed by atoms with Crippen molar-refractivity contribution in [1.82, 2.24) is 0 Å². The molecule has 74 valence electrons. The van der Waals surface area contributed by atoms with Gasteiger partial charge in [-0.05, 0) is 35.8 Å². The molecule has 0 radical (unpaired) electrons. The van der Waals surface area contributed by atoms with E-state index in [9.17, 15) is 0 Å². The van der Waals surface area contributed by atoms with Crippen molar-refractivity contribution in [2.45, 2.75) is 25.1 Å². The number of nitrogens with two attached hydrogens (primary N) is 1. The van der Waals surface area contributed by atoms with Gasteiger partial charge in [-0.2, -0.15) is 11.8 Å². The largest absolute Gasteiger partial charge is 0.325 e. The highest BCUT2D eigenvalue weighted by Gasteiger charge is 2.10. The molecular formula is C9H14BrNS2. The molecule has 1 aromatic rings. The van der Waals surface area contributed by atoms with E-state index in [0.29, 0.717) is 0 Å². The molecule has 0 unspecified atom stereocenters. The Morgan fingerprint density at radius 3 is 2.77 bits per heavy atom. The number of hydrogen-bond donors (Lipinski definition) is 1. The average Bonchev–Trinajstić information content (AvgIpc) is 2.33. The molecule has 0 bridgehead atoms. The lowest BCUT2D eigenvalue weighted by atomic mass is 10.1. The zero-order chi connectivity index (χ0) is 9.90. The van der Waals surface area contributed by atoms with Crippen molar-refractivity contribution in [2.24, 2.45) is 5.73 Å². The summed E-state index contributed by atoms with van der Waals surface area (Å²) in [5.41, 5.74) is 5.82. The Bertz CT molecular complexity index is 265. The van der Waals surface area contributed by atoms with Gasteiger partial charge in [0, 0.05) is 31.8 Å². The summed E-state index contributed by atoms with van der Waals surface area (Å²) in [4.78, 5) is 1.40. The van der Waals surface area contributed by atoms with Crippen molar-refractivity contribution in [1.29, 1.82) is 0 Å². The van der Waals surface area contributed by atoms with Gasteiger partial charge in [-0.25, -0.2) is 0 Å². The van der Waals surface area contributed by atoms with Gasteiger partial charge in [0.15, 0.2) is 0 Å². The van der Waals surface area contributed by atoms with E-state index >= 15 is 0 Å². The molecule has 1 rings (SSSR count). The van der Waals surface area contributed by atoms with Crippen LogP contribution in [0.15, 0.2) is 15.9 Å². The third kappa shape index (κ3) is 5.05. The van der Waals surface area contributed by atoms with Crippen molar-refractivity contribution < 1.29 is 0 Å². The van der Waals surface area contributed by atoms with Crippen LogP contribution in [0.4, 0.5) is 0 Å². The molecule has 4 heteroatoms. The van der Waals surface area contributed by atoms with Gasteiger partial charge in [0.25, 0.3) is 0 Å². The Balaban J connectivity index is 2.28. The molecule has 1 heterocycles. The summed E-state index contributed by atoms with van der Waals surface area (Å²) >= 11 is 7.12. The van der Waals surface area contributed by atoms with Crippen LogP contribution in [0.2, 0.25) is 0 Å². The van der Waals surface area contributed by atoms with E-state index < -0.39 is 0 Å². The maximum atomic E-state index is 5.88. The second kappa shape index (κ2) is 4.82. The highest BCUT2D eigenvalue weighted by molar-refractivity contribution is 9.10. The number of halogens is 1. The standard InChI is InChI=1S/C9H14BrNS2/c1-9(2,11)6-12-5-8-3-7(10)4-13-8/h3-4H,5-6,11H2,1-2H3. The third-order valence-corrected chi connectivity index (χ3v) is 4.68. The van der Waals surface area contributed by atoms with Crippen LogP contribution < -0.4 is 5.73 Å². The van der Waals surface area contributed by atoms with Gasteiger partial charge in [-0.1, -0.05) is 0 Å². The Labute approximate surface area is 96.2 Å². The average molecular weight is 280 g/mol. The van der Waals surface area contributed by atoms with E-state index in [-0.39, 0.29) is 5.54 Å². The molecule has 1 nitrogen and oxygen atoms in total. The summed E-state index contributed by atoms with van der Waals surface area (Å²) in [6.45, 7) is 4.12. The van der Waals surface area contributed by atoms with E-state index in [2.05, 4.69) is 41.2 Å². The summed E-state index contributed by atoms with van der Waals surface area (Å²) < 4.78 is 1.18. The summed E-state index contributed by atoms with van der Waals surface area (Å²) in [5, 5.41) is 2.11. The summed E-state index contributed by atoms with van der Waals surface area (Å²) in [7, 11) is 0. The lowest BCUT2D eigenvalue weighted by Gasteiger charge is -2.16. The lowest BCUT2D eigenvalue weighted by molar-refractivity contribution is 0.591. The van der Waals surface area contributed by atoms with Crippen LogP contribution in [0.5, 0.6) is 0 Å². The molecule has 13 heavy (non-hydrogen) atoms. The molecule has 0 aliphatic rings. The van der Waals surface area contributed by atoms with Crippen LogP contribution in [0.3, 0.4) is 0 Å². The lowest BCUT2D eigenvalue weighted by Crippen LogP contribution is -2.34. The molecule has 0 aromatic carbocycles. The Hall–Kier alpha value is 0.490. The van der Waals surface area contributed by atoms with Crippen molar-refractivity contribution in [3.63, 3.8) is 0 Å². The highest BCUT2D eigenvalue weighted by Crippen LogP contribution is 2.24. The fraction of sp³-hybridized carbons (Fsp3) is 0.556. The van der Waals surface area contributed by atoms with E-state index in [0.717, 1.165) is 11.5 Å².